The summed E-state index contributed by atoms with van der Waals surface area (Å²) >= 11 is 5.82. The summed E-state index contributed by atoms with van der Waals surface area (Å²) in [5.41, 5.74) is 2.73. The maximum atomic E-state index is 12.2. The molecule has 0 aromatic heterocycles. The third kappa shape index (κ3) is 3.99. The molecule has 0 saturated carbocycles. The van der Waals surface area contributed by atoms with Gasteiger partial charge < -0.3 is 10.1 Å². The van der Waals surface area contributed by atoms with E-state index in [4.69, 9.17) is 16.3 Å². The smallest absolute Gasteiger partial charge is 0.265 e. The molecule has 0 aliphatic heterocycles. The molecule has 2 rings (SSSR count). The van der Waals surface area contributed by atoms with Gasteiger partial charge in [-0.2, -0.15) is 0 Å². The zero-order valence-electron chi connectivity index (χ0n) is 12.3. The molecule has 4 heteroatoms. The first-order valence-corrected chi connectivity index (χ1v) is 7.14. The highest BCUT2D eigenvalue weighted by molar-refractivity contribution is 6.30. The first kappa shape index (κ1) is 15.4. The standard InChI is InChI=1S/C17H18ClNO2/c1-11-5-4-6-12(2)16(11)21-13(3)17(20)19-15-9-7-14(18)8-10-15/h4-10,13H,1-3H3,(H,19,20)/t13-/m1/s1. The van der Waals surface area contributed by atoms with Crippen LogP contribution in [0.5, 0.6) is 5.75 Å². The number of carbonyl (C=O) groups is 1. The molecular weight excluding hydrogens is 286 g/mol. The Kier molecular flexibility index (Phi) is 4.86. The highest BCUT2D eigenvalue weighted by Gasteiger charge is 2.16. The molecule has 1 atom stereocenters. The maximum Gasteiger partial charge on any atom is 0.265 e. The quantitative estimate of drug-likeness (QED) is 0.911. The number of benzene rings is 2. The van der Waals surface area contributed by atoms with Gasteiger partial charge in [0.15, 0.2) is 6.10 Å². The van der Waals surface area contributed by atoms with E-state index in [0.29, 0.717) is 10.7 Å². The van der Waals surface area contributed by atoms with E-state index in [-0.39, 0.29) is 5.91 Å². The summed E-state index contributed by atoms with van der Waals surface area (Å²) < 4.78 is 5.80. The van der Waals surface area contributed by atoms with Crippen LogP contribution in [-0.2, 0) is 4.79 Å². The Morgan fingerprint density at radius 3 is 2.24 bits per heavy atom. The third-order valence-corrected chi connectivity index (χ3v) is 3.44. The zero-order chi connectivity index (χ0) is 15.4. The lowest BCUT2D eigenvalue weighted by Gasteiger charge is -2.18. The molecule has 1 N–H and O–H groups in total. The molecule has 1 amide bonds. The summed E-state index contributed by atoms with van der Waals surface area (Å²) in [4.78, 5) is 12.2. The van der Waals surface area contributed by atoms with Crippen molar-refractivity contribution in [3.8, 4) is 5.75 Å². The number of anilines is 1. The largest absolute Gasteiger partial charge is 0.480 e. The van der Waals surface area contributed by atoms with Crippen LogP contribution in [0, 0.1) is 13.8 Å². The fourth-order valence-corrected chi connectivity index (χ4v) is 2.12. The Hall–Kier alpha value is -2.00. The average molecular weight is 304 g/mol. The highest BCUT2D eigenvalue weighted by atomic mass is 35.5. The van der Waals surface area contributed by atoms with Crippen LogP contribution in [0.4, 0.5) is 5.69 Å². The summed E-state index contributed by atoms with van der Waals surface area (Å²) in [5.74, 6) is 0.566. The molecule has 0 bridgehead atoms. The fraction of sp³-hybridized carbons (Fsp3) is 0.235. The SMILES string of the molecule is Cc1cccc(C)c1O[C@H](C)C(=O)Nc1ccc(Cl)cc1. The molecular formula is C17H18ClNO2. The van der Waals surface area contributed by atoms with Crippen LogP contribution >= 0.6 is 11.6 Å². The molecule has 0 radical (unpaired) electrons. The van der Waals surface area contributed by atoms with Crippen molar-refractivity contribution in [1.82, 2.24) is 0 Å². The van der Waals surface area contributed by atoms with E-state index in [2.05, 4.69) is 5.32 Å². The Bertz CT molecular complexity index is 617. The number of aryl methyl sites for hydroxylation is 2. The molecule has 3 nitrogen and oxygen atoms in total. The predicted molar refractivity (Wildman–Crippen MR) is 86.1 cm³/mol. The Morgan fingerprint density at radius 2 is 1.67 bits per heavy atom. The van der Waals surface area contributed by atoms with Gasteiger partial charge in [-0.25, -0.2) is 0 Å². The van der Waals surface area contributed by atoms with Gasteiger partial charge >= 0.3 is 0 Å². The molecule has 0 unspecified atom stereocenters. The van der Waals surface area contributed by atoms with Crippen LogP contribution in [0.2, 0.25) is 5.02 Å². The lowest BCUT2D eigenvalue weighted by Crippen LogP contribution is -2.30. The fourth-order valence-electron chi connectivity index (χ4n) is 1.99. The second kappa shape index (κ2) is 6.64. The second-order valence-electron chi connectivity index (χ2n) is 4.98. The van der Waals surface area contributed by atoms with E-state index in [9.17, 15) is 4.79 Å². The van der Waals surface area contributed by atoms with Crippen LogP contribution in [0.15, 0.2) is 42.5 Å². The van der Waals surface area contributed by atoms with Gasteiger partial charge in [0, 0.05) is 10.7 Å². The molecule has 21 heavy (non-hydrogen) atoms. The summed E-state index contributed by atoms with van der Waals surface area (Å²) in [6.45, 7) is 5.66. The van der Waals surface area contributed by atoms with Crippen molar-refractivity contribution in [3.63, 3.8) is 0 Å². The average Bonchev–Trinajstić information content (AvgIpc) is 2.45. The van der Waals surface area contributed by atoms with Gasteiger partial charge in [0.25, 0.3) is 5.91 Å². The van der Waals surface area contributed by atoms with Crippen molar-refractivity contribution in [3.05, 3.63) is 58.6 Å². The van der Waals surface area contributed by atoms with Crippen molar-refractivity contribution in [2.75, 3.05) is 5.32 Å². The van der Waals surface area contributed by atoms with Crippen LogP contribution in [-0.4, -0.2) is 12.0 Å². The minimum Gasteiger partial charge on any atom is -0.480 e. The third-order valence-electron chi connectivity index (χ3n) is 3.18. The molecule has 0 aliphatic rings. The van der Waals surface area contributed by atoms with Crippen molar-refractivity contribution >= 4 is 23.2 Å². The number of nitrogens with one attached hydrogen (secondary N) is 1. The molecule has 0 saturated heterocycles. The van der Waals surface area contributed by atoms with Gasteiger partial charge in [0.1, 0.15) is 5.75 Å². The second-order valence-corrected chi connectivity index (χ2v) is 5.41. The topological polar surface area (TPSA) is 38.3 Å². The van der Waals surface area contributed by atoms with Gasteiger partial charge in [0.05, 0.1) is 0 Å². The van der Waals surface area contributed by atoms with E-state index < -0.39 is 6.10 Å². The van der Waals surface area contributed by atoms with Crippen LogP contribution in [0.25, 0.3) is 0 Å². The van der Waals surface area contributed by atoms with Crippen molar-refractivity contribution in [2.24, 2.45) is 0 Å². The van der Waals surface area contributed by atoms with E-state index in [1.54, 1.807) is 31.2 Å². The highest BCUT2D eigenvalue weighted by Crippen LogP contribution is 2.24. The van der Waals surface area contributed by atoms with Crippen LogP contribution in [0.3, 0.4) is 0 Å². The number of hydrogen-bond acceptors (Lipinski definition) is 2. The maximum absolute atomic E-state index is 12.2. The molecule has 0 aliphatic carbocycles. The summed E-state index contributed by atoms with van der Waals surface area (Å²) in [6.07, 6.45) is -0.583. The first-order valence-electron chi connectivity index (χ1n) is 6.76. The number of hydrogen-bond donors (Lipinski definition) is 1. The van der Waals surface area contributed by atoms with Gasteiger partial charge in [-0.05, 0) is 56.2 Å². The predicted octanol–water partition coefficient (Wildman–Crippen LogP) is 4.36. The normalized spacial score (nSPS) is 11.8. The van der Waals surface area contributed by atoms with E-state index in [1.807, 2.05) is 32.0 Å². The van der Waals surface area contributed by atoms with Crippen LogP contribution < -0.4 is 10.1 Å². The first-order chi connectivity index (χ1) is 9.97. The van der Waals surface area contributed by atoms with E-state index in [1.165, 1.54) is 0 Å². The van der Waals surface area contributed by atoms with Crippen molar-refractivity contribution < 1.29 is 9.53 Å². The lowest BCUT2D eigenvalue weighted by atomic mass is 10.1. The lowest BCUT2D eigenvalue weighted by molar-refractivity contribution is -0.122. The van der Waals surface area contributed by atoms with E-state index >= 15 is 0 Å². The van der Waals surface area contributed by atoms with Gasteiger partial charge in [-0.3, -0.25) is 4.79 Å². The van der Waals surface area contributed by atoms with Crippen LogP contribution in [0.1, 0.15) is 18.1 Å². The molecule has 0 heterocycles. The van der Waals surface area contributed by atoms with E-state index in [0.717, 1.165) is 16.9 Å². The Morgan fingerprint density at radius 1 is 1.10 bits per heavy atom. The minimum atomic E-state index is -0.583. The van der Waals surface area contributed by atoms with Crippen molar-refractivity contribution in [1.29, 1.82) is 0 Å². The minimum absolute atomic E-state index is 0.194. The van der Waals surface area contributed by atoms with Gasteiger partial charge in [-0.1, -0.05) is 29.8 Å². The monoisotopic (exact) mass is 303 g/mol. The van der Waals surface area contributed by atoms with Gasteiger partial charge in [-0.15, -0.1) is 0 Å². The number of carbonyl (C=O) groups excluding carboxylic acids is 1. The number of ether oxygens (including phenoxy) is 1. The summed E-state index contributed by atoms with van der Waals surface area (Å²) in [6, 6.07) is 12.9. The summed E-state index contributed by atoms with van der Waals surface area (Å²) in [7, 11) is 0. The Labute approximate surface area is 129 Å². The van der Waals surface area contributed by atoms with Crippen molar-refractivity contribution in [2.45, 2.75) is 26.9 Å². The number of amides is 1. The molecule has 110 valence electrons. The number of halogens is 1. The number of rotatable bonds is 4. The zero-order valence-corrected chi connectivity index (χ0v) is 13.1. The number of para-hydroxylation sites is 1. The summed E-state index contributed by atoms with van der Waals surface area (Å²) in [5, 5.41) is 3.44. The molecule has 2 aromatic carbocycles. The Balaban J connectivity index is 2.04. The molecule has 0 spiro atoms. The van der Waals surface area contributed by atoms with Gasteiger partial charge in [0.2, 0.25) is 0 Å². The molecule has 0 fully saturated rings. The molecule has 2 aromatic rings.